The minimum absolute atomic E-state index is 0.0754. The zero-order chi connectivity index (χ0) is 55.7. The SMILES string of the molecule is CCCCCC/C=C\C/C=C\CCCCCCCC(=O)OC(COC(=O)CCCCCCCCCCCC)COC(=O)CCCCCCCCCCCCCCCCCCCC/C=C\C/C=C\C/C=C\CCCCCCC. The fraction of sp³-hybridized carbons (Fsp3) is 0.817. The number of hydrogen-bond acceptors (Lipinski definition) is 6. The monoisotopic (exact) mass is 1080 g/mol. The van der Waals surface area contributed by atoms with E-state index in [0.717, 1.165) is 96.3 Å². The van der Waals surface area contributed by atoms with Crippen molar-refractivity contribution in [2.45, 2.75) is 361 Å². The number of unbranched alkanes of at least 4 members (excludes halogenated alkanes) is 41. The number of ether oxygens (including phenoxy) is 3. The summed E-state index contributed by atoms with van der Waals surface area (Å²) >= 11 is 0. The number of carbonyl (C=O) groups excluding carboxylic acids is 3. The van der Waals surface area contributed by atoms with E-state index in [9.17, 15) is 14.4 Å². The van der Waals surface area contributed by atoms with E-state index in [0.29, 0.717) is 19.3 Å². The quantitative estimate of drug-likeness (QED) is 0.0261. The summed E-state index contributed by atoms with van der Waals surface area (Å²) in [4.78, 5) is 38.2. The minimum atomic E-state index is -0.778. The Hall–Kier alpha value is -2.89. The van der Waals surface area contributed by atoms with E-state index in [2.05, 4.69) is 81.5 Å². The highest BCUT2D eigenvalue weighted by Crippen LogP contribution is 2.17. The average Bonchev–Trinajstić information content (AvgIpc) is 3.43. The number of hydrogen-bond donors (Lipinski definition) is 0. The molecule has 448 valence electrons. The molecule has 0 saturated carbocycles. The largest absolute Gasteiger partial charge is 0.462 e. The van der Waals surface area contributed by atoms with Gasteiger partial charge < -0.3 is 14.2 Å². The minimum Gasteiger partial charge on any atom is -0.462 e. The number of esters is 3. The van der Waals surface area contributed by atoms with Crippen LogP contribution in [0.2, 0.25) is 0 Å². The van der Waals surface area contributed by atoms with E-state index in [1.54, 1.807) is 0 Å². The molecule has 0 N–H and O–H groups in total. The molecule has 0 bridgehead atoms. The first-order valence-electron chi connectivity index (χ1n) is 33.8. The summed E-state index contributed by atoms with van der Waals surface area (Å²) in [6.45, 7) is 6.63. The lowest BCUT2D eigenvalue weighted by Gasteiger charge is -2.18. The predicted molar refractivity (Wildman–Crippen MR) is 335 cm³/mol. The summed E-state index contributed by atoms with van der Waals surface area (Å²) in [5.41, 5.74) is 0. The summed E-state index contributed by atoms with van der Waals surface area (Å²) < 4.78 is 16.9. The summed E-state index contributed by atoms with van der Waals surface area (Å²) in [6.07, 6.45) is 84.0. The Balaban J connectivity index is 4.08. The molecule has 0 heterocycles. The fourth-order valence-electron chi connectivity index (χ4n) is 9.89. The average molecular weight is 1080 g/mol. The molecule has 0 saturated heterocycles. The molecular formula is C71H128O6. The molecule has 0 aliphatic rings. The zero-order valence-corrected chi connectivity index (χ0v) is 51.5. The third kappa shape index (κ3) is 63.8. The lowest BCUT2D eigenvalue weighted by Crippen LogP contribution is -2.30. The Bertz CT molecular complexity index is 1380. The fourth-order valence-corrected chi connectivity index (χ4v) is 9.89. The molecular weight excluding hydrogens is 949 g/mol. The van der Waals surface area contributed by atoms with Gasteiger partial charge in [0, 0.05) is 19.3 Å². The van der Waals surface area contributed by atoms with Gasteiger partial charge in [-0.15, -0.1) is 0 Å². The van der Waals surface area contributed by atoms with Crippen LogP contribution in [0.15, 0.2) is 60.8 Å². The van der Waals surface area contributed by atoms with Crippen LogP contribution >= 0.6 is 0 Å². The Morgan fingerprint density at radius 2 is 0.468 bits per heavy atom. The highest BCUT2D eigenvalue weighted by atomic mass is 16.6. The standard InChI is InChI=1S/C71H128O6/c1-4-7-10-13-16-19-22-24-26-28-29-30-31-32-33-34-35-36-37-38-39-40-41-42-43-44-46-47-49-52-55-58-61-64-70(73)76-67-68(66-75-69(72)63-60-57-54-51-21-18-15-12-9-6-3)77-71(74)65-62-59-56-53-50-48-45-27-25-23-20-17-14-11-8-5-2/h20,22-24,27-29,31-32,45,68H,4-19,21,25-26,30,33-44,46-67H2,1-3H3/b23-20-,24-22-,29-28-,32-31-,45-27-. The van der Waals surface area contributed by atoms with Gasteiger partial charge in [0.2, 0.25) is 0 Å². The van der Waals surface area contributed by atoms with Gasteiger partial charge in [0.15, 0.2) is 6.10 Å². The molecule has 0 amide bonds. The molecule has 1 atom stereocenters. The van der Waals surface area contributed by atoms with Crippen molar-refractivity contribution in [1.82, 2.24) is 0 Å². The van der Waals surface area contributed by atoms with E-state index in [1.165, 1.54) is 218 Å². The van der Waals surface area contributed by atoms with E-state index in [4.69, 9.17) is 14.2 Å². The van der Waals surface area contributed by atoms with Crippen LogP contribution in [0.4, 0.5) is 0 Å². The molecule has 0 aromatic carbocycles. The van der Waals surface area contributed by atoms with Crippen molar-refractivity contribution in [2.24, 2.45) is 0 Å². The molecule has 77 heavy (non-hydrogen) atoms. The summed E-state index contributed by atoms with van der Waals surface area (Å²) in [5, 5.41) is 0. The lowest BCUT2D eigenvalue weighted by atomic mass is 10.0. The molecule has 6 nitrogen and oxygen atoms in total. The number of carbonyl (C=O) groups is 3. The van der Waals surface area contributed by atoms with Gasteiger partial charge in [-0.25, -0.2) is 0 Å². The molecule has 1 unspecified atom stereocenters. The molecule has 0 aliphatic carbocycles. The van der Waals surface area contributed by atoms with Gasteiger partial charge in [-0.2, -0.15) is 0 Å². The van der Waals surface area contributed by atoms with Crippen LogP contribution in [0.5, 0.6) is 0 Å². The second-order valence-corrected chi connectivity index (χ2v) is 22.7. The van der Waals surface area contributed by atoms with Crippen molar-refractivity contribution < 1.29 is 28.6 Å². The van der Waals surface area contributed by atoms with Crippen LogP contribution in [-0.2, 0) is 28.6 Å². The van der Waals surface area contributed by atoms with Crippen molar-refractivity contribution in [3.63, 3.8) is 0 Å². The van der Waals surface area contributed by atoms with Gasteiger partial charge in [-0.1, -0.05) is 306 Å². The zero-order valence-electron chi connectivity index (χ0n) is 51.5. The second-order valence-electron chi connectivity index (χ2n) is 22.7. The maximum Gasteiger partial charge on any atom is 0.306 e. The van der Waals surface area contributed by atoms with Gasteiger partial charge in [0.1, 0.15) is 13.2 Å². The third-order valence-electron chi connectivity index (χ3n) is 15.0. The highest BCUT2D eigenvalue weighted by Gasteiger charge is 2.19. The van der Waals surface area contributed by atoms with Crippen molar-refractivity contribution in [1.29, 1.82) is 0 Å². The highest BCUT2D eigenvalue weighted by molar-refractivity contribution is 5.71. The normalized spacial score (nSPS) is 12.4. The Morgan fingerprint density at radius 3 is 0.740 bits per heavy atom. The van der Waals surface area contributed by atoms with E-state index in [1.807, 2.05) is 0 Å². The van der Waals surface area contributed by atoms with Gasteiger partial charge in [0.05, 0.1) is 0 Å². The topological polar surface area (TPSA) is 78.9 Å². The molecule has 6 heteroatoms. The van der Waals surface area contributed by atoms with E-state index >= 15 is 0 Å². The Morgan fingerprint density at radius 1 is 0.260 bits per heavy atom. The van der Waals surface area contributed by atoms with Gasteiger partial charge in [-0.3, -0.25) is 14.4 Å². The number of allylic oxidation sites excluding steroid dienone is 10. The molecule has 0 aromatic heterocycles. The van der Waals surface area contributed by atoms with Crippen molar-refractivity contribution in [3.05, 3.63) is 60.8 Å². The molecule has 0 aromatic rings. The lowest BCUT2D eigenvalue weighted by molar-refractivity contribution is -0.167. The van der Waals surface area contributed by atoms with Crippen LogP contribution in [-0.4, -0.2) is 37.2 Å². The molecule has 0 spiro atoms. The Labute approximate surface area is 479 Å². The first-order valence-corrected chi connectivity index (χ1v) is 33.8. The summed E-state index contributed by atoms with van der Waals surface area (Å²) in [6, 6.07) is 0. The van der Waals surface area contributed by atoms with E-state index < -0.39 is 6.10 Å². The van der Waals surface area contributed by atoms with Crippen LogP contribution in [0.25, 0.3) is 0 Å². The second kappa shape index (κ2) is 65.6. The maximum atomic E-state index is 12.9. The molecule has 0 fully saturated rings. The first kappa shape index (κ1) is 74.1. The Kier molecular flexibility index (Phi) is 63.2. The van der Waals surface area contributed by atoms with Gasteiger partial charge in [-0.05, 0) is 89.9 Å². The smallest absolute Gasteiger partial charge is 0.306 e. The van der Waals surface area contributed by atoms with Crippen LogP contribution < -0.4 is 0 Å². The first-order chi connectivity index (χ1) is 38.0. The molecule has 0 rings (SSSR count). The van der Waals surface area contributed by atoms with Crippen molar-refractivity contribution >= 4 is 17.9 Å². The van der Waals surface area contributed by atoms with Crippen LogP contribution in [0.1, 0.15) is 355 Å². The van der Waals surface area contributed by atoms with Crippen molar-refractivity contribution in [3.8, 4) is 0 Å². The number of rotatable bonds is 62. The predicted octanol–water partition coefficient (Wildman–Crippen LogP) is 23.1. The molecule has 0 radical (unpaired) electrons. The van der Waals surface area contributed by atoms with Crippen molar-refractivity contribution in [2.75, 3.05) is 13.2 Å². The molecule has 0 aliphatic heterocycles. The maximum absolute atomic E-state index is 12.9. The van der Waals surface area contributed by atoms with Gasteiger partial charge >= 0.3 is 17.9 Å². The summed E-state index contributed by atoms with van der Waals surface area (Å²) in [5.74, 6) is -0.872. The summed E-state index contributed by atoms with van der Waals surface area (Å²) in [7, 11) is 0. The third-order valence-corrected chi connectivity index (χ3v) is 15.0. The van der Waals surface area contributed by atoms with Crippen LogP contribution in [0, 0.1) is 0 Å². The van der Waals surface area contributed by atoms with Gasteiger partial charge in [0.25, 0.3) is 0 Å². The van der Waals surface area contributed by atoms with Crippen LogP contribution in [0.3, 0.4) is 0 Å². The van der Waals surface area contributed by atoms with E-state index in [-0.39, 0.29) is 31.1 Å².